The number of sulfonamides is 1. The van der Waals surface area contributed by atoms with Gasteiger partial charge in [0.2, 0.25) is 10.0 Å². The van der Waals surface area contributed by atoms with Gasteiger partial charge in [-0.3, -0.25) is 0 Å². The molecule has 1 aromatic carbocycles. The van der Waals surface area contributed by atoms with Gasteiger partial charge < -0.3 is 0 Å². The standard InChI is InChI=1S/C11H13ClFNO2S/c12-8-17(15,16)14(10-5-6-10)7-9-3-1-2-4-11(9)13/h1-4,10H,5-8H2. The van der Waals surface area contributed by atoms with Crippen molar-refractivity contribution in [2.24, 2.45) is 0 Å². The molecule has 0 amide bonds. The summed E-state index contributed by atoms with van der Waals surface area (Å²) < 4.78 is 38.3. The quantitative estimate of drug-likeness (QED) is 0.775. The topological polar surface area (TPSA) is 37.4 Å². The largest absolute Gasteiger partial charge is 0.228 e. The van der Waals surface area contributed by atoms with E-state index in [9.17, 15) is 12.8 Å². The Kier molecular flexibility index (Phi) is 3.70. The first-order valence-electron chi connectivity index (χ1n) is 5.33. The summed E-state index contributed by atoms with van der Waals surface area (Å²) >= 11 is 5.44. The van der Waals surface area contributed by atoms with Gasteiger partial charge in [0.15, 0.2) is 0 Å². The van der Waals surface area contributed by atoms with E-state index in [2.05, 4.69) is 0 Å². The first-order valence-corrected chi connectivity index (χ1v) is 7.48. The van der Waals surface area contributed by atoms with Gasteiger partial charge in [-0.1, -0.05) is 18.2 Å². The van der Waals surface area contributed by atoms with Gasteiger partial charge in [-0.15, -0.1) is 11.6 Å². The highest BCUT2D eigenvalue weighted by Gasteiger charge is 2.36. The number of hydrogen-bond acceptors (Lipinski definition) is 2. The van der Waals surface area contributed by atoms with Crippen LogP contribution in [0.4, 0.5) is 4.39 Å². The maximum atomic E-state index is 13.5. The molecule has 0 aliphatic heterocycles. The van der Waals surface area contributed by atoms with Gasteiger partial charge in [0.25, 0.3) is 0 Å². The zero-order valence-corrected chi connectivity index (χ0v) is 10.7. The monoisotopic (exact) mass is 277 g/mol. The summed E-state index contributed by atoms with van der Waals surface area (Å²) in [7, 11) is -3.48. The van der Waals surface area contributed by atoms with Crippen LogP contribution in [0.2, 0.25) is 0 Å². The van der Waals surface area contributed by atoms with Gasteiger partial charge in [0, 0.05) is 18.2 Å². The fourth-order valence-electron chi connectivity index (χ4n) is 1.67. The maximum absolute atomic E-state index is 13.5. The third kappa shape index (κ3) is 2.97. The molecule has 0 N–H and O–H groups in total. The van der Waals surface area contributed by atoms with Crippen molar-refractivity contribution < 1.29 is 12.8 Å². The van der Waals surface area contributed by atoms with Crippen molar-refractivity contribution >= 4 is 21.6 Å². The molecule has 0 bridgehead atoms. The molecule has 0 saturated heterocycles. The summed E-state index contributed by atoms with van der Waals surface area (Å²) in [6.45, 7) is 0.0619. The Morgan fingerprint density at radius 2 is 2.00 bits per heavy atom. The summed E-state index contributed by atoms with van der Waals surface area (Å²) in [5, 5.41) is -0.460. The third-order valence-corrected chi connectivity index (χ3v) is 4.98. The lowest BCUT2D eigenvalue weighted by Crippen LogP contribution is -2.33. The second-order valence-electron chi connectivity index (χ2n) is 4.09. The van der Waals surface area contributed by atoms with Crippen LogP contribution in [0, 0.1) is 5.82 Å². The Bertz CT molecular complexity index is 502. The van der Waals surface area contributed by atoms with Crippen molar-refractivity contribution in [1.29, 1.82) is 0 Å². The maximum Gasteiger partial charge on any atom is 0.228 e. The van der Waals surface area contributed by atoms with Crippen molar-refractivity contribution in [3.8, 4) is 0 Å². The minimum Gasteiger partial charge on any atom is -0.211 e. The summed E-state index contributed by atoms with van der Waals surface area (Å²) in [6.07, 6.45) is 1.65. The molecule has 0 spiro atoms. The van der Waals surface area contributed by atoms with E-state index >= 15 is 0 Å². The van der Waals surface area contributed by atoms with E-state index in [4.69, 9.17) is 11.6 Å². The second kappa shape index (κ2) is 4.92. The number of halogens is 2. The molecule has 94 valence electrons. The summed E-state index contributed by atoms with van der Waals surface area (Å²) in [5.41, 5.74) is 0.382. The molecule has 0 radical (unpaired) electrons. The molecule has 0 aromatic heterocycles. The molecule has 6 heteroatoms. The van der Waals surface area contributed by atoms with E-state index in [1.54, 1.807) is 18.2 Å². The van der Waals surface area contributed by atoms with Crippen LogP contribution in [0.15, 0.2) is 24.3 Å². The van der Waals surface area contributed by atoms with Crippen LogP contribution in [0.3, 0.4) is 0 Å². The fourth-order valence-corrected chi connectivity index (χ4v) is 3.18. The minimum atomic E-state index is -3.48. The van der Waals surface area contributed by atoms with E-state index in [0.717, 1.165) is 12.8 Å². The van der Waals surface area contributed by atoms with E-state index in [-0.39, 0.29) is 18.4 Å². The Labute approximate surface area is 105 Å². The number of rotatable bonds is 5. The number of hydrogen-bond donors (Lipinski definition) is 0. The zero-order chi connectivity index (χ0) is 12.5. The van der Waals surface area contributed by atoms with Gasteiger partial charge in [-0.2, -0.15) is 4.31 Å². The summed E-state index contributed by atoms with van der Waals surface area (Å²) in [4.78, 5) is 0. The van der Waals surface area contributed by atoms with E-state index in [1.165, 1.54) is 10.4 Å². The average Bonchev–Trinajstić information content (AvgIpc) is 3.12. The van der Waals surface area contributed by atoms with Crippen LogP contribution in [-0.4, -0.2) is 24.0 Å². The minimum absolute atomic E-state index is 0.0154. The predicted molar refractivity (Wildman–Crippen MR) is 64.6 cm³/mol. The van der Waals surface area contributed by atoms with Crippen LogP contribution in [0.5, 0.6) is 0 Å². The molecule has 2 rings (SSSR count). The van der Waals surface area contributed by atoms with Gasteiger partial charge in [0.1, 0.15) is 11.0 Å². The predicted octanol–water partition coefficient (Wildman–Crippen LogP) is 2.32. The molecule has 3 nitrogen and oxygen atoms in total. The van der Waals surface area contributed by atoms with Gasteiger partial charge >= 0.3 is 0 Å². The molecule has 0 heterocycles. The van der Waals surface area contributed by atoms with Crippen molar-refractivity contribution in [3.05, 3.63) is 35.6 Å². The third-order valence-electron chi connectivity index (χ3n) is 2.73. The lowest BCUT2D eigenvalue weighted by Gasteiger charge is -2.20. The Hall–Kier alpha value is -0.650. The van der Waals surface area contributed by atoms with Crippen LogP contribution < -0.4 is 0 Å². The van der Waals surface area contributed by atoms with Crippen molar-refractivity contribution in [3.63, 3.8) is 0 Å². The summed E-state index contributed by atoms with van der Waals surface area (Å²) in [5.74, 6) is -0.386. The first-order chi connectivity index (χ1) is 8.04. The first kappa shape index (κ1) is 12.8. The normalized spacial score (nSPS) is 16.4. The molecular formula is C11H13ClFNO2S. The van der Waals surface area contributed by atoms with Crippen molar-refractivity contribution in [2.45, 2.75) is 25.4 Å². The van der Waals surface area contributed by atoms with E-state index in [0.29, 0.717) is 5.56 Å². The Morgan fingerprint density at radius 1 is 1.35 bits per heavy atom. The molecular weight excluding hydrogens is 265 g/mol. The molecule has 1 saturated carbocycles. The van der Waals surface area contributed by atoms with Crippen LogP contribution in [0.1, 0.15) is 18.4 Å². The number of nitrogens with zero attached hydrogens (tertiary/aromatic N) is 1. The fraction of sp³-hybridized carbons (Fsp3) is 0.455. The number of benzene rings is 1. The van der Waals surface area contributed by atoms with Crippen molar-refractivity contribution in [2.75, 3.05) is 5.21 Å². The average molecular weight is 278 g/mol. The number of alkyl halides is 1. The molecule has 0 unspecified atom stereocenters. The second-order valence-corrected chi connectivity index (χ2v) is 6.59. The molecule has 1 aromatic rings. The van der Waals surface area contributed by atoms with Crippen LogP contribution in [0.25, 0.3) is 0 Å². The lowest BCUT2D eigenvalue weighted by atomic mass is 10.2. The van der Waals surface area contributed by atoms with E-state index in [1.807, 2.05) is 0 Å². The van der Waals surface area contributed by atoms with E-state index < -0.39 is 15.2 Å². The highest BCUT2D eigenvalue weighted by atomic mass is 35.5. The lowest BCUT2D eigenvalue weighted by molar-refractivity contribution is 0.394. The molecule has 1 aliphatic rings. The molecule has 1 aliphatic carbocycles. The highest BCUT2D eigenvalue weighted by Crippen LogP contribution is 2.31. The highest BCUT2D eigenvalue weighted by molar-refractivity contribution is 7.90. The van der Waals surface area contributed by atoms with Crippen molar-refractivity contribution in [1.82, 2.24) is 4.31 Å². The Balaban J connectivity index is 2.22. The molecule has 0 atom stereocenters. The van der Waals surface area contributed by atoms with Crippen LogP contribution >= 0.6 is 11.6 Å². The van der Waals surface area contributed by atoms with Gasteiger partial charge in [-0.05, 0) is 18.9 Å². The zero-order valence-electron chi connectivity index (χ0n) is 9.14. The molecule has 17 heavy (non-hydrogen) atoms. The summed E-state index contributed by atoms with van der Waals surface area (Å²) in [6, 6.07) is 6.17. The Morgan fingerprint density at radius 3 is 2.53 bits per heavy atom. The van der Waals surface area contributed by atoms with Gasteiger partial charge in [-0.25, -0.2) is 12.8 Å². The SMILES string of the molecule is O=S(=O)(CCl)N(Cc1ccccc1F)C1CC1. The van der Waals surface area contributed by atoms with Crippen LogP contribution in [-0.2, 0) is 16.6 Å². The molecule has 1 fully saturated rings. The smallest absolute Gasteiger partial charge is 0.211 e. The van der Waals surface area contributed by atoms with Gasteiger partial charge in [0.05, 0.1) is 0 Å².